The van der Waals surface area contributed by atoms with Crippen LogP contribution in [0.25, 0.3) is 0 Å². The van der Waals surface area contributed by atoms with Gasteiger partial charge in [0.1, 0.15) is 6.33 Å². The van der Waals surface area contributed by atoms with Crippen molar-refractivity contribution in [3.63, 3.8) is 0 Å². The molecular formula is C24H28ClFN4O3. The molecule has 1 aliphatic heterocycles. The van der Waals surface area contributed by atoms with Gasteiger partial charge in [0.05, 0.1) is 0 Å². The molecule has 1 saturated heterocycles. The SMILES string of the molecule is CC1(c2ccc(N(C(=O)[C@H](F)Cl)[C@@](C)(C(=O)NC3CCOCC3)c3cncnc3)cc2)CC1. The lowest BCUT2D eigenvalue weighted by Gasteiger charge is -2.41. The molecule has 9 heteroatoms. The third-order valence-corrected chi connectivity index (χ3v) is 6.98. The van der Waals surface area contributed by atoms with E-state index >= 15 is 0 Å². The first-order chi connectivity index (χ1) is 15.8. The van der Waals surface area contributed by atoms with Gasteiger partial charge >= 0.3 is 0 Å². The van der Waals surface area contributed by atoms with E-state index in [-0.39, 0.29) is 11.5 Å². The van der Waals surface area contributed by atoms with Gasteiger partial charge in [0.15, 0.2) is 5.54 Å². The fourth-order valence-corrected chi connectivity index (χ4v) is 4.37. The highest BCUT2D eigenvalue weighted by atomic mass is 35.5. The van der Waals surface area contributed by atoms with E-state index in [4.69, 9.17) is 16.3 Å². The van der Waals surface area contributed by atoms with Gasteiger partial charge in [0.2, 0.25) is 0 Å². The minimum absolute atomic E-state index is 0.124. The van der Waals surface area contributed by atoms with Crippen molar-refractivity contribution in [1.29, 1.82) is 0 Å². The van der Waals surface area contributed by atoms with Gasteiger partial charge in [-0.3, -0.25) is 14.5 Å². The Hall–Kier alpha value is -2.58. The molecule has 0 radical (unpaired) electrons. The van der Waals surface area contributed by atoms with Crippen LogP contribution in [0, 0.1) is 0 Å². The number of aromatic nitrogens is 2. The van der Waals surface area contributed by atoms with E-state index < -0.39 is 23.0 Å². The van der Waals surface area contributed by atoms with Crippen LogP contribution in [0.15, 0.2) is 43.0 Å². The van der Waals surface area contributed by atoms with Gasteiger partial charge in [-0.25, -0.2) is 14.4 Å². The van der Waals surface area contributed by atoms with E-state index in [2.05, 4.69) is 22.2 Å². The Morgan fingerprint density at radius 3 is 2.36 bits per heavy atom. The average molecular weight is 475 g/mol. The topological polar surface area (TPSA) is 84.4 Å². The number of halogens is 2. The second kappa shape index (κ2) is 9.35. The van der Waals surface area contributed by atoms with Crippen molar-refractivity contribution in [2.45, 2.75) is 62.2 Å². The fourth-order valence-electron chi connectivity index (χ4n) is 4.27. The van der Waals surface area contributed by atoms with E-state index in [9.17, 15) is 14.0 Å². The number of hydrogen-bond acceptors (Lipinski definition) is 5. The quantitative estimate of drug-likeness (QED) is 0.620. The molecule has 1 aromatic heterocycles. The molecule has 176 valence electrons. The predicted octanol–water partition coefficient (Wildman–Crippen LogP) is 3.61. The number of carbonyl (C=O) groups excluding carboxylic acids is 2. The summed E-state index contributed by atoms with van der Waals surface area (Å²) in [4.78, 5) is 36.1. The molecule has 2 amide bonds. The molecule has 2 aromatic rings. The smallest absolute Gasteiger partial charge is 0.278 e. The number of anilines is 1. The molecule has 2 aliphatic rings. The molecule has 1 aliphatic carbocycles. The number of carbonyl (C=O) groups is 2. The predicted molar refractivity (Wildman–Crippen MR) is 123 cm³/mol. The third-order valence-electron chi connectivity index (χ3n) is 6.80. The molecule has 4 rings (SSSR count). The Morgan fingerprint density at radius 1 is 1.21 bits per heavy atom. The van der Waals surface area contributed by atoms with Crippen molar-refractivity contribution in [3.05, 3.63) is 54.1 Å². The zero-order valence-corrected chi connectivity index (χ0v) is 19.5. The highest BCUT2D eigenvalue weighted by Gasteiger charge is 2.48. The second-order valence-corrected chi connectivity index (χ2v) is 9.52. The van der Waals surface area contributed by atoms with E-state index in [1.165, 1.54) is 18.7 Å². The maximum Gasteiger partial charge on any atom is 0.278 e. The lowest BCUT2D eigenvalue weighted by Crippen LogP contribution is -2.60. The van der Waals surface area contributed by atoms with Gasteiger partial charge < -0.3 is 10.1 Å². The summed E-state index contributed by atoms with van der Waals surface area (Å²) in [5.41, 5.74) is -1.99. The summed E-state index contributed by atoms with van der Waals surface area (Å²) in [7, 11) is 0. The molecule has 2 heterocycles. The Balaban J connectivity index is 1.77. The number of hydrogen-bond donors (Lipinski definition) is 1. The van der Waals surface area contributed by atoms with Crippen molar-refractivity contribution in [2.75, 3.05) is 18.1 Å². The van der Waals surface area contributed by atoms with Crippen molar-refractivity contribution in [1.82, 2.24) is 15.3 Å². The zero-order chi connectivity index (χ0) is 23.6. The van der Waals surface area contributed by atoms with Crippen molar-refractivity contribution < 1.29 is 18.7 Å². The van der Waals surface area contributed by atoms with Crippen molar-refractivity contribution in [3.8, 4) is 0 Å². The number of benzene rings is 1. The lowest BCUT2D eigenvalue weighted by atomic mass is 9.88. The fraction of sp³-hybridized carbons (Fsp3) is 0.500. The molecule has 1 saturated carbocycles. The number of nitrogens with zero attached hydrogens (tertiary/aromatic N) is 3. The van der Waals surface area contributed by atoms with Crippen LogP contribution in [0.3, 0.4) is 0 Å². The largest absolute Gasteiger partial charge is 0.381 e. The van der Waals surface area contributed by atoms with Crippen LogP contribution < -0.4 is 10.2 Å². The second-order valence-electron chi connectivity index (χ2n) is 9.14. The first-order valence-corrected chi connectivity index (χ1v) is 11.6. The van der Waals surface area contributed by atoms with E-state index in [0.717, 1.165) is 23.3 Å². The molecular weight excluding hydrogens is 447 g/mol. The van der Waals surface area contributed by atoms with Crippen LogP contribution >= 0.6 is 11.6 Å². The van der Waals surface area contributed by atoms with Crippen LogP contribution in [0.5, 0.6) is 0 Å². The number of nitrogens with one attached hydrogen (secondary N) is 1. The molecule has 2 fully saturated rings. The van der Waals surface area contributed by atoms with Crippen LogP contribution in [0.4, 0.5) is 10.1 Å². The van der Waals surface area contributed by atoms with Crippen LogP contribution in [-0.2, 0) is 25.3 Å². The molecule has 2 atom stereocenters. The van der Waals surface area contributed by atoms with Crippen molar-refractivity contribution in [2.24, 2.45) is 0 Å². The Morgan fingerprint density at radius 2 is 1.82 bits per heavy atom. The summed E-state index contributed by atoms with van der Waals surface area (Å²) >= 11 is 5.64. The van der Waals surface area contributed by atoms with Crippen LogP contribution in [0.2, 0.25) is 0 Å². The summed E-state index contributed by atoms with van der Waals surface area (Å²) in [6.07, 6.45) is 7.73. The first kappa shape index (κ1) is 23.6. The maximum atomic E-state index is 14.3. The van der Waals surface area contributed by atoms with Gasteiger partial charge in [-0.15, -0.1) is 0 Å². The summed E-state index contributed by atoms with van der Waals surface area (Å²) in [6.45, 7) is 4.81. The lowest BCUT2D eigenvalue weighted by molar-refractivity contribution is -0.132. The Bertz CT molecular complexity index is 995. The number of amides is 2. The first-order valence-electron chi connectivity index (χ1n) is 11.1. The number of ether oxygens (including phenoxy) is 1. The van der Waals surface area contributed by atoms with Gasteiger partial charge in [0.25, 0.3) is 17.4 Å². The molecule has 33 heavy (non-hydrogen) atoms. The average Bonchev–Trinajstić information content (AvgIpc) is 3.59. The van der Waals surface area contributed by atoms with Crippen LogP contribution in [0.1, 0.15) is 50.7 Å². The van der Waals surface area contributed by atoms with E-state index in [0.29, 0.717) is 37.3 Å². The summed E-state index contributed by atoms with van der Waals surface area (Å²) in [5.74, 6) is -1.50. The molecule has 1 aromatic carbocycles. The van der Waals surface area contributed by atoms with Crippen LogP contribution in [-0.4, -0.2) is 46.7 Å². The number of rotatable bonds is 7. The maximum absolute atomic E-state index is 14.3. The highest BCUT2D eigenvalue weighted by molar-refractivity contribution is 6.32. The van der Waals surface area contributed by atoms with Gasteiger partial charge in [-0.05, 0) is 55.7 Å². The molecule has 7 nitrogen and oxygen atoms in total. The number of alkyl halides is 2. The standard InChI is InChI=1S/C24H28ClFN4O3/c1-23(9-10-23)16-3-5-19(6-4-16)30(21(31)20(25)26)24(2,17-13-27-15-28-14-17)22(32)29-18-7-11-33-12-8-18/h3-6,13-15,18,20H,7-12H2,1-2H3,(H,29,32)/t20-,24+/m0/s1. The zero-order valence-electron chi connectivity index (χ0n) is 18.8. The Labute approximate surface area is 197 Å². The molecule has 0 unspecified atom stereocenters. The van der Waals surface area contributed by atoms with Gasteiger partial charge in [-0.2, -0.15) is 0 Å². The third kappa shape index (κ3) is 4.73. The molecule has 0 spiro atoms. The molecule has 1 N–H and O–H groups in total. The summed E-state index contributed by atoms with van der Waals surface area (Å²) in [5, 5.41) is 3.01. The van der Waals surface area contributed by atoms with Gasteiger partial charge in [0, 0.05) is 42.9 Å². The summed E-state index contributed by atoms with van der Waals surface area (Å²) in [6, 6.07) is 7.19. The van der Waals surface area contributed by atoms with E-state index in [1.807, 2.05) is 12.1 Å². The molecule has 0 bridgehead atoms. The Kier molecular flexibility index (Phi) is 6.68. The summed E-state index contributed by atoms with van der Waals surface area (Å²) < 4.78 is 19.7. The highest BCUT2D eigenvalue weighted by Crippen LogP contribution is 2.48. The monoisotopic (exact) mass is 474 g/mol. The van der Waals surface area contributed by atoms with Gasteiger partial charge in [-0.1, -0.05) is 30.7 Å². The van der Waals surface area contributed by atoms with Crippen molar-refractivity contribution >= 4 is 29.1 Å². The minimum atomic E-state index is -2.33. The normalized spacial score (nSPS) is 20.4. The minimum Gasteiger partial charge on any atom is -0.381 e. The van der Waals surface area contributed by atoms with E-state index in [1.54, 1.807) is 19.1 Å².